The van der Waals surface area contributed by atoms with E-state index in [4.69, 9.17) is 16.0 Å². The molecule has 6 nitrogen and oxygen atoms in total. The zero-order valence-corrected chi connectivity index (χ0v) is 16.3. The molecule has 0 spiro atoms. The molecule has 1 saturated heterocycles. The molecule has 27 heavy (non-hydrogen) atoms. The second kappa shape index (κ2) is 8.48. The van der Waals surface area contributed by atoms with Crippen molar-refractivity contribution in [3.05, 3.63) is 59.0 Å². The Morgan fingerprint density at radius 2 is 1.89 bits per heavy atom. The van der Waals surface area contributed by atoms with Crippen molar-refractivity contribution in [1.82, 2.24) is 15.1 Å². The molecule has 2 aromatic rings. The van der Waals surface area contributed by atoms with Crippen molar-refractivity contribution < 1.29 is 14.0 Å². The standard InChI is InChI=1S/C20H24ClN3O3/c1-14(15-5-7-16(21)8-6-15)23(2)20(26)22-17-9-11-24(12-10-17)19(25)18-4-3-13-27-18/h3-8,13-14,17H,9-12H2,1-2H3,(H,22,26). The Hall–Kier alpha value is -2.47. The number of likely N-dealkylation sites (tertiary alicyclic amines) is 1. The number of hydrogen-bond donors (Lipinski definition) is 1. The molecule has 7 heteroatoms. The summed E-state index contributed by atoms with van der Waals surface area (Å²) in [6.45, 7) is 3.18. The predicted molar refractivity (Wildman–Crippen MR) is 104 cm³/mol. The zero-order chi connectivity index (χ0) is 19.4. The minimum Gasteiger partial charge on any atom is -0.459 e. The second-order valence-corrected chi connectivity index (χ2v) is 7.27. The summed E-state index contributed by atoms with van der Waals surface area (Å²) in [6, 6.07) is 10.7. The van der Waals surface area contributed by atoms with E-state index in [9.17, 15) is 9.59 Å². The van der Waals surface area contributed by atoms with Crippen molar-refractivity contribution in [2.45, 2.75) is 31.8 Å². The monoisotopic (exact) mass is 389 g/mol. The Labute approximate surface area is 164 Å². The smallest absolute Gasteiger partial charge is 0.317 e. The maximum absolute atomic E-state index is 12.6. The Morgan fingerprint density at radius 3 is 2.48 bits per heavy atom. The average Bonchev–Trinajstić information content (AvgIpc) is 3.22. The van der Waals surface area contributed by atoms with Crippen molar-refractivity contribution in [3.8, 4) is 0 Å². The van der Waals surface area contributed by atoms with Gasteiger partial charge in [0.25, 0.3) is 5.91 Å². The maximum atomic E-state index is 12.6. The lowest BCUT2D eigenvalue weighted by Gasteiger charge is -2.34. The first-order valence-corrected chi connectivity index (χ1v) is 9.45. The molecule has 1 unspecified atom stereocenters. The quantitative estimate of drug-likeness (QED) is 0.861. The lowest BCUT2D eigenvalue weighted by atomic mass is 10.0. The van der Waals surface area contributed by atoms with E-state index >= 15 is 0 Å². The van der Waals surface area contributed by atoms with Crippen LogP contribution >= 0.6 is 11.6 Å². The zero-order valence-electron chi connectivity index (χ0n) is 15.5. The molecule has 0 saturated carbocycles. The summed E-state index contributed by atoms with van der Waals surface area (Å²) < 4.78 is 5.17. The highest BCUT2D eigenvalue weighted by atomic mass is 35.5. The van der Waals surface area contributed by atoms with Gasteiger partial charge in [-0.25, -0.2) is 4.79 Å². The van der Waals surface area contributed by atoms with Gasteiger partial charge in [0.05, 0.1) is 12.3 Å². The molecule has 0 radical (unpaired) electrons. The highest BCUT2D eigenvalue weighted by Crippen LogP contribution is 2.21. The van der Waals surface area contributed by atoms with Crippen molar-refractivity contribution in [1.29, 1.82) is 0 Å². The second-order valence-electron chi connectivity index (χ2n) is 6.83. The Bertz CT molecular complexity index is 768. The molecule has 3 amide bonds. The van der Waals surface area contributed by atoms with Gasteiger partial charge in [-0.15, -0.1) is 0 Å². The molecule has 2 heterocycles. The first-order valence-electron chi connectivity index (χ1n) is 9.07. The van der Waals surface area contributed by atoms with Crippen LogP contribution in [-0.4, -0.2) is 47.9 Å². The summed E-state index contributed by atoms with van der Waals surface area (Å²) >= 11 is 5.93. The van der Waals surface area contributed by atoms with Gasteiger partial charge in [-0.05, 0) is 49.6 Å². The summed E-state index contributed by atoms with van der Waals surface area (Å²) in [7, 11) is 1.78. The van der Waals surface area contributed by atoms with Gasteiger partial charge in [-0.1, -0.05) is 23.7 Å². The minimum atomic E-state index is -0.117. The van der Waals surface area contributed by atoms with Crippen molar-refractivity contribution in [3.63, 3.8) is 0 Å². The van der Waals surface area contributed by atoms with E-state index in [-0.39, 0.29) is 24.0 Å². The predicted octanol–water partition coefficient (Wildman–Crippen LogP) is 3.94. The fourth-order valence-electron chi connectivity index (χ4n) is 3.20. The largest absolute Gasteiger partial charge is 0.459 e. The Morgan fingerprint density at radius 1 is 1.22 bits per heavy atom. The molecule has 1 atom stereocenters. The number of nitrogens with one attached hydrogen (secondary N) is 1. The number of rotatable bonds is 4. The van der Waals surface area contributed by atoms with Gasteiger partial charge in [0, 0.05) is 31.2 Å². The first kappa shape index (κ1) is 19.3. The molecule has 1 N–H and O–H groups in total. The number of hydrogen-bond acceptors (Lipinski definition) is 3. The van der Waals surface area contributed by atoms with Crippen LogP contribution in [0.1, 0.15) is 41.9 Å². The minimum absolute atomic E-state index is 0.0537. The molecule has 0 bridgehead atoms. The third kappa shape index (κ3) is 4.63. The van der Waals surface area contributed by atoms with Gasteiger partial charge in [0.15, 0.2) is 5.76 Å². The maximum Gasteiger partial charge on any atom is 0.317 e. The van der Waals surface area contributed by atoms with Gasteiger partial charge < -0.3 is 19.5 Å². The lowest BCUT2D eigenvalue weighted by Crippen LogP contribution is -2.49. The van der Waals surface area contributed by atoms with Crippen LogP contribution in [0.15, 0.2) is 47.1 Å². The number of urea groups is 1. The molecule has 144 valence electrons. The Balaban J connectivity index is 1.50. The summed E-state index contributed by atoms with van der Waals surface area (Å²) in [4.78, 5) is 28.3. The fourth-order valence-corrected chi connectivity index (χ4v) is 3.33. The van der Waals surface area contributed by atoms with E-state index in [1.165, 1.54) is 6.26 Å². The van der Waals surface area contributed by atoms with Crippen LogP contribution in [-0.2, 0) is 0 Å². The lowest BCUT2D eigenvalue weighted by molar-refractivity contribution is 0.0674. The average molecular weight is 390 g/mol. The Kier molecular flexibility index (Phi) is 6.06. The third-order valence-corrected chi connectivity index (χ3v) is 5.35. The molecule has 3 rings (SSSR count). The van der Waals surface area contributed by atoms with E-state index in [1.807, 2.05) is 31.2 Å². The molecule has 1 aromatic carbocycles. The molecule has 1 aliphatic rings. The van der Waals surface area contributed by atoms with Crippen molar-refractivity contribution >= 4 is 23.5 Å². The van der Waals surface area contributed by atoms with Crippen LogP contribution < -0.4 is 5.32 Å². The molecule has 0 aliphatic carbocycles. The van der Waals surface area contributed by atoms with Crippen molar-refractivity contribution in [2.24, 2.45) is 0 Å². The van der Waals surface area contributed by atoms with E-state index in [0.29, 0.717) is 23.9 Å². The van der Waals surface area contributed by atoms with Crippen LogP contribution in [0.2, 0.25) is 5.02 Å². The van der Waals surface area contributed by atoms with Crippen LogP contribution in [0.5, 0.6) is 0 Å². The van der Waals surface area contributed by atoms with Gasteiger partial charge in [-0.2, -0.15) is 0 Å². The highest BCUT2D eigenvalue weighted by molar-refractivity contribution is 6.30. The third-order valence-electron chi connectivity index (χ3n) is 5.10. The summed E-state index contributed by atoms with van der Waals surface area (Å²) in [5, 5.41) is 3.75. The van der Waals surface area contributed by atoms with Crippen LogP contribution in [0.3, 0.4) is 0 Å². The number of benzene rings is 1. The van der Waals surface area contributed by atoms with Gasteiger partial charge >= 0.3 is 6.03 Å². The van der Waals surface area contributed by atoms with Gasteiger partial charge in [0.1, 0.15) is 0 Å². The number of nitrogens with zero attached hydrogens (tertiary/aromatic N) is 2. The normalized spacial score (nSPS) is 16.0. The van der Waals surface area contributed by atoms with E-state index in [2.05, 4.69) is 5.32 Å². The number of carbonyl (C=O) groups is 2. The first-order chi connectivity index (χ1) is 13.0. The molecule has 1 fully saturated rings. The number of halogens is 1. The fraction of sp³-hybridized carbons (Fsp3) is 0.400. The number of furan rings is 1. The topological polar surface area (TPSA) is 65.8 Å². The molecule has 1 aliphatic heterocycles. The number of carbonyl (C=O) groups excluding carboxylic acids is 2. The van der Waals surface area contributed by atoms with Gasteiger partial charge in [-0.3, -0.25) is 4.79 Å². The van der Waals surface area contributed by atoms with Crippen molar-refractivity contribution in [2.75, 3.05) is 20.1 Å². The van der Waals surface area contributed by atoms with Crippen LogP contribution in [0.4, 0.5) is 4.79 Å². The number of amides is 3. The summed E-state index contributed by atoms with van der Waals surface area (Å²) in [5.74, 6) is 0.257. The highest BCUT2D eigenvalue weighted by Gasteiger charge is 2.27. The van der Waals surface area contributed by atoms with Crippen LogP contribution in [0, 0.1) is 0 Å². The number of piperidine rings is 1. The van der Waals surface area contributed by atoms with Gasteiger partial charge in [0.2, 0.25) is 0 Å². The molecular formula is C20H24ClN3O3. The summed E-state index contributed by atoms with van der Waals surface area (Å²) in [6.07, 6.45) is 2.95. The molecular weight excluding hydrogens is 366 g/mol. The SMILES string of the molecule is CC(c1ccc(Cl)cc1)N(C)C(=O)NC1CCN(C(=O)c2ccco2)CC1. The van der Waals surface area contributed by atoms with E-state index in [0.717, 1.165) is 18.4 Å². The molecule has 1 aromatic heterocycles. The van der Waals surface area contributed by atoms with E-state index in [1.54, 1.807) is 29.0 Å². The van der Waals surface area contributed by atoms with E-state index < -0.39 is 0 Å². The summed E-state index contributed by atoms with van der Waals surface area (Å²) in [5.41, 5.74) is 1.02. The van der Waals surface area contributed by atoms with Crippen LogP contribution in [0.25, 0.3) is 0 Å².